The van der Waals surface area contributed by atoms with Crippen molar-refractivity contribution in [3.63, 3.8) is 0 Å². The number of piperidine rings is 1. The third-order valence-electron chi connectivity index (χ3n) is 4.94. The third-order valence-corrected chi connectivity index (χ3v) is 4.94. The van der Waals surface area contributed by atoms with E-state index in [0.29, 0.717) is 18.2 Å². The fourth-order valence-corrected chi connectivity index (χ4v) is 3.30. The molecule has 0 amide bonds. The van der Waals surface area contributed by atoms with Gasteiger partial charge in [0.1, 0.15) is 0 Å². The molecule has 1 aliphatic carbocycles. The lowest BCUT2D eigenvalue weighted by atomic mass is 9.80. The van der Waals surface area contributed by atoms with Gasteiger partial charge in [-0.2, -0.15) is 0 Å². The van der Waals surface area contributed by atoms with E-state index in [9.17, 15) is 4.79 Å². The summed E-state index contributed by atoms with van der Waals surface area (Å²) in [7, 11) is 0. The smallest absolute Gasteiger partial charge is 0.162 e. The summed E-state index contributed by atoms with van der Waals surface area (Å²) >= 11 is 0. The highest BCUT2D eigenvalue weighted by Crippen LogP contribution is 2.36. The molecule has 1 aromatic rings. The molecule has 1 aromatic carbocycles. The molecule has 1 atom stereocenters. The highest BCUT2D eigenvalue weighted by Gasteiger charge is 2.19. The molecule has 2 aliphatic rings. The van der Waals surface area contributed by atoms with Gasteiger partial charge in [-0.15, -0.1) is 0 Å². The Bertz CT molecular complexity index is 441. The lowest BCUT2D eigenvalue weighted by Gasteiger charge is -2.25. The first kappa shape index (κ1) is 13.8. The molecule has 2 nitrogen and oxygen atoms in total. The lowest BCUT2D eigenvalue weighted by molar-refractivity contribution is 0.0974. The molecule has 3 rings (SSSR count). The zero-order valence-electron chi connectivity index (χ0n) is 12.2. The second-order valence-corrected chi connectivity index (χ2v) is 6.36. The zero-order valence-corrected chi connectivity index (χ0v) is 12.2. The maximum atomic E-state index is 12.2. The SMILES string of the molecule is O=C(CCC1CCCCN1)c1ccc(C2CCC2)cc1. The number of carbonyl (C=O) groups is 1. The molecule has 1 aliphatic heterocycles. The fourth-order valence-electron chi connectivity index (χ4n) is 3.30. The summed E-state index contributed by atoms with van der Waals surface area (Å²) < 4.78 is 0. The van der Waals surface area contributed by atoms with E-state index in [1.807, 2.05) is 12.1 Å². The summed E-state index contributed by atoms with van der Waals surface area (Å²) in [5.41, 5.74) is 2.31. The van der Waals surface area contributed by atoms with Gasteiger partial charge in [-0.3, -0.25) is 4.79 Å². The highest BCUT2D eigenvalue weighted by molar-refractivity contribution is 5.96. The predicted molar refractivity (Wildman–Crippen MR) is 82.2 cm³/mol. The van der Waals surface area contributed by atoms with Gasteiger partial charge in [0.25, 0.3) is 0 Å². The van der Waals surface area contributed by atoms with Crippen molar-refractivity contribution in [2.45, 2.75) is 63.3 Å². The van der Waals surface area contributed by atoms with E-state index in [1.54, 1.807) is 0 Å². The monoisotopic (exact) mass is 271 g/mol. The minimum absolute atomic E-state index is 0.303. The molecule has 1 unspecified atom stereocenters. The van der Waals surface area contributed by atoms with Crippen LogP contribution in [-0.4, -0.2) is 18.4 Å². The summed E-state index contributed by atoms with van der Waals surface area (Å²) in [6.07, 6.45) is 9.49. The van der Waals surface area contributed by atoms with Crippen molar-refractivity contribution in [1.82, 2.24) is 5.32 Å². The second-order valence-electron chi connectivity index (χ2n) is 6.36. The Kier molecular flexibility index (Phi) is 4.51. The van der Waals surface area contributed by atoms with E-state index in [0.717, 1.165) is 24.4 Å². The highest BCUT2D eigenvalue weighted by atomic mass is 16.1. The van der Waals surface area contributed by atoms with Crippen molar-refractivity contribution in [1.29, 1.82) is 0 Å². The molecule has 0 aromatic heterocycles. The molecule has 1 saturated carbocycles. The van der Waals surface area contributed by atoms with Crippen LogP contribution in [0.2, 0.25) is 0 Å². The van der Waals surface area contributed by atoms with Crippen molar-refractivity contribution in [2.75, 3.05) is 6.54 Å². The Labute approximate surface area is 122 Å². The first-order valence-corrected chi connectivity index (χ1v) is 8.19. The molecule has 1 saturated heterocycles. The third kappa shape index (κ3) is 3.29. The number of hydrogen-bond donors (Lipinski definition) is 1. The van der Waals surface area contributed by atoms with Gasteiger partial charge in [-0.25, -0.2) is 0 Å². The van der Waals surface area contributed by atoms with Crippen LogP contribution in [0.15, 0.2) is 24.3 Å². The summed E-state index contributed by atoms with van der Waals surface area (Å²) in [5.74, 6) is 1.06. The number of benzene rings is 1. The Morgan fingerprint density at radius 2 is 1.85 bits per heavy atom. The molecule has 2 fully saturated rings. The van der Waals surface area contributed by atoms with Crippen LogP contribution < -0.4 is 5.32 Å². The first-order chi connectivity index (χ1) is 9.83. The van der Waals surface area contributed by atoms with Crippen LogP contribution in [0.25, 0.3) is 0 Å². The van der Waals surface area contributed by atoms with E-state index in [2.05, 4.69) is 17.4 Å². The van der Waals surface area contributed by atoms with Crippen LogP contribution in [-0.2, 0) is 0 Å². The van der Waals surface area contributed by atoms with Crippen LogP contribution in [0.4, 0.5) is 0 Å². The molecule has 2 heteroatoms. The van der Waals surface area contributed by atoms with Gasteiger partial charge in [0.05, 0.1) is 0 Å². The summed E-state index contributed by atoms with van der Waals surface area (Å²) in [4.78, 5) is 12.2. The number of hydrogen-bond acceptors (Lipinski definition) is 2. The summed E-state index contributed by atoms with van der Waals surface area (Å²) in [5, 5.41) is 3.51. The molecular formula is C18H25NO. The zero-order chi connectivity index (χ0) is 13.8. The van der Waals surface area contributed by atoms with Gasteiger partial charge in [0.2, 0.25) is 0 Å². The van der Waals surface area contributed by atoms with Crippen LogP contribution in [0.1, 0.15) is 73.2 Å². The normalized spacial score (nSPS) is 23.3. The maximum absolute atomic E-state index is 12.2. The summed E-state index contributed by atoms with van der Waals surface area (Å²) in [6, 6.07) is 8.95. The van der Waals surface area contributed by atoms with Crippen LogP contribution >= 0.6 is 0 Å². The van der Waals surface area contributed by atoms with Crippen molar-refractivity contribution >= 4 is 5.78 Å². The Morgan fingerprint density at radius 1 is 1.05 bits per heavy atom. The molecule has 0 spiro atoms. The predicted octanol–water partition coefficient (Wildman–Crippen LogP) is 4.06. The minimum Gasteiger partial charge on any atom is -0.314 e. The standard InChI is InChI=1S/C18H25NO/c20-18(12-11-17-6-1-2-13-19-17)16-9-7-15(8-10-16)14-4-3-5-14/h7-10,14,17,19H,1-6,11-13H2. The van der Waals surface area contributed by atoms with Gasteiger partial charge in [0, 0.05) is 18.0 Å². The van der Waals surface area contributed by atoms with Crippen LogP contribution in [0.3, 0.4) is 0 Å². The molecule has 108 valence electrons. The number of Topliss-reactive ketones (excluding diaryl/α,β-unsaturated/α-hetero) is 1. The van der Waals surface area contributed by atoms with E-state index < -0.39 is 0 Å². The van der Waals surface area contributed by atoms with E-state index >= 15 is 0 Å². The maximum Gasteiger partial charge on any atom is 0.162 e. The van der Waals surface area contributed by atoms with Crippen LogP contribution in [0, 0.1) is 0 Å². The Balaban J connectivity index is 1.51. The molecule has 0 bridgehead atoms. The van der Waals surface area contributed by atoms with E-state index in [-0.39, 0.29) is 0 Å². The van der Waals surface area contributed by atoms with Crippen molar-refractivity contribution in [3.05, 3.63) is 35.4 Å². The Hall–Kier alpha value is -1.15. The first-order valence-electron chi connectivity index (χ1n) is 8.19. The van der Waals surface area contributed by atoms with Crippen molar-refractivity contribution in [2.24, 2.45) is 0 Å². The van der Waals surface area contributed by atoms with E-state index in [4.69, 9.17) is 0 Å². The fraction of sp³-hybridized carbons (Fsp3) is 0.611. The number of carbonyl (C=O) groups excluding carboxylic acids is 1. The average molecular weight is 271 g/mol. The van der Waals surface area contributed by atoms with Crippen molar-refractivity contribution in [3.8, 4) is 0 Å². The Morgan fingerprint density at radius 3 is 2.45 bits per heavy atom. The van der Waals surface area contributed by atoms with Gasteiger partial charge in [-0.05, 0) is 50.1 Å². The molecule has 1 heterocycles. The summed E-state index contributed by atoms with van der Waals surface area (Å²) in [6.45, 7) is 1.12. The quantitative estimate of drug-likeness (QED) is 0.818. The van der Waals surface area contributed by atoms with Gasteiger partial charge in [0.15, 0.2) is 5.78 Å². The number of ketones is 1. The van der Waals surface area contributed by atoms with Gasteiger partial charge >= 0.3 is 0 Å². The molecule has 0 radical (unpaired) electrons. The van der Waals surface area contributed by atoms with Gasteiger partial charge in [-0.1, -0.05) is 37.1 Å². The van der Waals surface area contributed by atoms with E-state index in [1.165, 1.54) is 44.1 Å². The number of rotatable bonds is 5. The van der Waals surface area contributed by atoms with Crippen LogP contribution in [0.5, 0.6) is 0 Å². The molecule has 20 heavy (non-hydrogen) atoms. The average Bonchev–Trinajstić information content (AvgIpc) is 2.45. The molecular weight excluding hydrogens is 246 g/mol. The molecule has 1 N–H and O–H groups in total. The topological polar surface area (TPSA) is 29.1 Å². The van der Waals surface area contributed by atoms with Crippen molar-refractivity contribution < 1.29 is 4.79 Å². The lowest BCUT2D eigenvalue weighted by Crippen LogP contribution is -2.34. The largest absolute Gasteiger partial charge is 0.314 e. The second kappa shape index (κ2) is 6.53. The number of nitrogens with one attached hydrogen (secondary N) is 1. The minimum atomic E-state index is 0.303. The van der Waals surface area contributed by atoms with Gasteiger partial charge < -0.3 is 5.32 Å².